The average molecular weight is 255 g/mol. The molecule has 0 spiro atoms. The maximum Gasteiger partial charge on any atom is 0.122 e. The molecule has 0 unspecified atom stereocenters. The molecule has 0 aliphatic heterocycles. The number of hydrogen-bond acceptors (Lipinski definition) is 2. The second-order valence-electron chi connectivity index (χ2n) is 4.66. The largest absolute Gasteiger partial charge is 0.494 e. The first-order valence-electron chi connectivity index (χ1n) is 6.72. The smallest absolute Gasteiger partial charge is 0.122 e. The first kappa shape index (κ1) is 13.5. The van der Waals surface area contributed by atoms with Gasteiger partial charge in [0.25, 0.3) is 0 Å². The molecular weight excluding hydrogens is 234 g/mol. The van der Waals surface area contributed by atoms with E-state index in [2.05, 4.69) is 54.7 Å². The predicted molar refractivity (Wildman–Crippen MR) is 81.1 cm³/mol. The van der Waals surface area contributed by atoms with E-state index in [1.54, 1.807) is 0 Å². The molecule has 0 amide bonds. The Morgan fingerprint density at radius 3 is 2.26 bits per heavy atom. The standard InChI is InChI=1S/C17H21NO/c1-4-19-17-10-7-15(11-13(17)2)12-14-5-8-16(18-3)9-6-14/h5-11,18H,4,12H2,1-3H3. The first-order chi connectivity index (χ1) is 9.22. The summed E-state index contributed by atoms with van der Waals surface area (Å²) in [5, 5.41) is 3.13. The van der Waals surface area contributed by atoms with Crippen LogP contribution in [-0.4, -0.2) is 13.7 Å². The molecule has 0 aromatic heterocycles. The molecule has 19 heavy (non-hydrogen) atoms. The fourth-order valence-electron chi connectivity index (χ4n) is 2.16. The zero-order chi connectivity index (χ0) is 13.7. The van der Waals surface area contributed by atoms with Gasteiger partial charge in [-0.1, -0.05) is 24.3 Å². The molecule has 0 aliphatic carbocycles. The van der Waals surface area contributed by atoms with E-state index >= 15 is 0 Å². The lowest BCUT2D eigenvalue weighted by atomic mass is 10.0. The third kappa shape index (κ3) is 3.50. The van der Waals surface area contributed by atoms with Gasteiger partial charge in [0.1, 0.15) is 5.75 Å². The molecule has 2 nitrogen and oxygen atoms in total. The van der Waals surface area contributed by atoms with Crippen LogP contribution in [0.15, 0.2) is 42.5 Å². The molecule has 2 heteroatoms. The second-order valence-corrected chi connectivity index (χ2v) is 4.66. The molecule has 0 radical (unpaired) electrons. The molecular formula is C17H21NO. The molecule has 1 N–H and O–H groups in total. The third-order valence-corrected chi connectivity index (χ3v) is 3.19. The average Bonchev–Trinajstić information content (AvgIpc) is 2.43. The summed E-state index contributed by atoms with van der Waals surface area (Å²) in [6.45, 7) is 4.82. The zero-order valence-corrected chi connectivity index (χ0v) is 11.9. The van der Waals surface area contributed by atoms with Crippen LogP contribution in [0.5, 0.6) is 5.75 Å². The molecule has 0 heterocycles. The lowest BCUT2D eigenvalue weighted by Crippen LogP contribution is -1.96. The van der Waals surface area contributed by atoms with E-state index in [1.165, 1.54) is 16.7 Å². The monoisotopic (exact) mass is 255 g/mol. The minimum atomic E-state index is 0.714. The van der Waals surface area contributed by atoms with E-state index in [0.717, 1.165) is 17.9 Å². The van der Waals surface area contributed by atoms with Gasteiger partial charge in [-0.3, -0.25) is 0 Å². The number of nitrogens with one attached hydrogen (secondary N) is 1. The summed E-state index contributed by atoms with van der Waals surface area (Å²) in [5.74, 6) is 0.983. The number of aryl methyl sites for hydroxylation is 1. The van der Waals surface area contributed by atoms with Crippen molar-refractivity contribution in [2.45, 2.75) is 20.3 Å². The molecule has 100 valence electrons. The fraction of sp³-hybridized carbons (Fsp3) is 0.294. The molecule has 2 aromatic carbocycles. The summed E-state index contributed by atoms with van der Waals surface area (Å²) in [4.78, 5) is 0. The quantitative estimate of drug-likeness (QED) is 0.871. The van der Waals surface area contributed by atoms with Crippen molar-refractivity contribution in [2.24, 2.45) is 0 Å². The van der Waals surface area contributed by atoms with Gasteiger partial charge in [-0.15, -0.1) is 0 Å². The van der Waals surface area contributed by atoms with Gasteiger partial charge in [-0.2, -0.15) is 0 Å². The van der Waals surface area contributed by atoms with Crippen molar-refractivity contribution in [3.8, 4) is 5.75 Å². The zero-order valence-electron chi connectivity index (χ0n) is 11.9. The first-order valence-corrected chi connectivity index (χ1v) is 6.72. The minimum absolute atomic E-state index is 0.714. The van der Waals surface area contributed by atoms with Crippen LogP contribution in [0, 0.1) is 6.92 Å². The van der Waals surface area contributed by atoms with Crippen LogP contribution in [0.25, 0.3) is 0 Å². The Bertz CT molecular complexity index is 531. The Morgan fingerprint density at radius 1 is 1.00 bits per heavy atom. The lowest BCUT2D eigenvalue weighted by molar-refractivity contribution is 0.338. The van der Waals surface area contributed by atoms with Crippen molar-refractivity contribution in [3.63, 3.8) is 0 Å². The molecule has 0 bridgehead atoms. The topological polar surface area (TPSA) is 21.3 Å². The van der Waals surface area contributed by atoms with Crippen LogP contribution in [0.4, 0.5) is 5.69 Å². The highest BCUT2D eigenvalue weighted by Crippen LogP contribution is 2.21. The van der Waals surface area contributed by atoms with Gasteiger partial charge in [0.05, 0.1) is 6.61 Å². The van der Waals surface area contributed by atoms with Gasteiger partial charge in [-0.05, 0) is 55.2 Å². The molecule has 2 rings (SSSR count). The van der Waals surface area contributed by atoms with Crippen LogP contribution in [-0.2, 0) is 6.42 Å². The maximum absolute atomic E-state index is 5.56. The second kappa shape index (κ2) is 6.28. The number of rotatable bonds is 5. The van der Waals surface area contributed by atoms with Gasteiger partial charge in [-0.25, -0.2) is 0 Å². The van der Waals surface area contributed by atoms with E-state index in [-0.39, 0.29) is 0 Å². The highest BCUT2D eigenvalue weighted by Gasteiger charge is 2.02. The Labute approximate surface area is 115 Å². The molecule has 0 saturated carbocycles. The number of ether oxygens (including phenoxy) is 1. The van der Waals surface area contributed by atoms with Crippen LogP contribution in [0.3, 0.4) is 0 Å². The van der Waals surface area contributed by atoms with Crippen LogP contribution >= 0.6 is 0 Å². The Balaban J connectivity index is 2.11. The van der Waals surface area contributed by atoms with Gasteiger partial charge >= 0.3 is 0 Å². The number of anilines is 1. The van der Waals surface area contributed by atoms with E-state index in [0.29, 0.717) is 6.61 Å². The van der Waals surface area contributed by atoms with E-state index in [4.69, 9.17) is 4.74 Å². The van der Waals surface area contributed by atoms with E-state index < -0.39 is 0 Å². The number of hydrogen-bond donors (Lipinski definition) is 1. The van der Waals surface area contributed by atoms with Gasteiger partial charge in [0, 0.05) is 12.7 Å². The fourth-order valence-corrected chi connectivity index (χ4v) is 2.16. The van der Waals surface area contributed by atoms with Crippen molar-refractivity contribution in [1.29, 1.82) is 0 Å². The third-order valence-electron chi connectivity index (χ3n) is 3.19. The molecule has 0 aliphatic rings. The predicted octanol–water partition coefficient (Wildman–Crippen LogP) is 4.03. The van der Waals surface area contributed by atoms with Crippen molar-refractivity contribution in [3.05, 3.63) is 59.2 Å². The van der Waals surface area contributed by atoms with E-state index in [1.807, 2.05) is 14.0 Å². The summed E-state index contributed by atoms with van der Waals surface area (Å²) >= 11 is 0. The van der Waals surface area contributed by atoms with Crippen LogP contribution in [0.2, 0.25) is 0 Å². The Morgan fingerprint density at radius 2 is 1.68 bits per heavy atom. The summed E-state index contributed by atoms with van der Waals surface area (Å²) in [5.41, 5.74) is 4.98. The molecule has 2 aromatic rings. The summed E-state index contributed by atoms with van der Waals surface area (Å²) < 4.78 is 5.56. The molecule has 0 atom stereocenters. The minimum Gasteiger partial charge on any atom is -0.494 e. The molecule has 0 fully saturated rings. The van der Waals surface area contributed by atoms with Gasteiger partial charge in [0.2, 0.25) is 0 Å². The number of benzene rings is 2. The lowest BCUT2D eigenvalue weighted by Gasteiger charge is -2.09. The highest BCUT2D eigenvalue weighted by molar-refractivity contribution is 5.45. The SMILES string of the molecule is CCOc1ccc(Cc2ccc(NC)cc2)cc1C. The van der Waals surface area contributed by atoms with Gasteiger partial charge in [0.15, 0.2) is 0 Å². The van der Waals surface area contributed by atoms with Crippen molar-refractivity contribution in [2.75, 3.05) is 19.0 Å². The summed E-state index contributed by atoms with van der Waals surface area (Å²) in [6, 6.07) is 15.0. The highest BCUT2D eigenvalue weighted by atomic mass is 16.5. The Hall–Kier alpha value is -1.96. The van der Waals surface area contributed by atoms with E-state index in [9.17, 15) is 0 Å². The summed E-state index contributed by atoms with van der Waals surface area (Å²) in [7, 11) is 1.94. The van der Waals surface area contributed by atoms with Gasteiger partial charge < -0.3 is 10.1 Å². The van der Waals surface area contributed by atoms with Crippen molar-refractivity contribution in [1.82, 2.24) is 0 Å². The normalized spacial score (nSPS) is 10.3. The van der Waals surface area contributed by atoms with Crippen molar-refractivity contribution < 1.29 is 4.74 Å². The van der Waals surface area contributed by atoms with Crippen LogP contribution in [0.1, 0.15) is 23.6 Å². The maximum atomic E-state index is 5.56. The Kier molecular flexibility index (Phi) is 4.45. The molecule has 0 saturated heterocycles. The van der Waals surface area contributed by atoms with Crippen LogP contribution < -0.4 is 10.1 Å². The van der Waals surface area contributed by atoms with Crippen molar-refractivity contribution >= 4 is 5.69 Å². The summed E-state index contributed by atoms with van der Waals surface area (Å²) in [6.07, 6.45) is 0.956.